The summed E-state index contributed by atoms with van der Waals surface area (Å²) in [6, 6.07) is 17.0. The fourth-order valence-corrected chi connectivity index (χ4v) is 4.72. The molecule has 4 N–H and O–H groups in total. The van der Waals surface area contributed by atoms with Crippen molar-refractivity contribution in [1.29, 1.82) is 5.41 Å². The Balaban J connectivity index is 1.87. The van der Waals surface area contributed by atoms with Crippen LogP contribution in [0, 0.1) is 17.1 Å². The molecule has 0 atom stereocenters. The van der Waals surface area contributed by atoms with Crippen LogP contribution in [0.4, 0.5) is 10.1 Å². The zero-order valence-electron chi connectivity index (χ0n) is 20.8. The molecule has 3 aromatic carbocycles. The minimum Gasteiger partial charge on any atom is -0.384 e. The quantitative estimate of drug-likeness (QED) is 0.236. The number of amidine groups is 1. The summed E-state index contributed by atoms with van der Waals surface area (Å²) in [6.07, 6.45) is 1.08. The van der Waals surface area contributed by atoms with E-state index in [1.165, 1.54) is 18.2 Å². The molecule has 194 valence electrons. The maximum atomic E-state index is 15.4. The predicted molar refractivity (Wildman–Crippen MR) is 141 cm³/mol. The highest BCUT2D eigenvalue weighted by atomic mass is 32.2. The van der Waals surface area contributed by atoms with Crippen molar-refractivity contribution in [3.63, 3.8) is 0 Å². The van der Waals surface area contributed by atoms with Crippen molar-refractivity contribution in [3.05, 3.63) is 83.7 Å². The summed E-state index contributed by atoms with van der Waals surface area (Å²) in [5, 5.41) is 10.1. The highest BCUT2D eigenvalue weighted by Crippen LogP contribution is 2.31. The SMILES string of the molecule is CC(C)CN(C(=O)C(=O)NCc1cccc(C(=N)N)c1)c1ccc(-c2ccccc2S(C)(=O)=O)cc1F. The van der Waals surface area contributed by atoms with Gasteiger partial charge in [-0.1, -0.05) is 56.3 Å². The summed E-state index contributed by atoms with van der Waals surface area (Å²) in [5.74, 6) is -2.81. The van der Waals surface area contributed by atoms with Gasteiger partial charge in [-0.3, -0.25) is 15.0 Å². The number of nitrogens with two attached hydrogens (primary N) is 1. The van der Waals surface area contributed by atoms with Gasteiger partial charge in [0, 0.05) is 30.5 Å². The van der Waals surface area contributed by atoms with Gasteiger partial charge in [-0.25, -0.2) is 12.8 Å². The van der Waals surface area contributed by atoms with E-state index in [9.17, 15) is 18.0 Å². The molecule has 10 heteroatoms. The standard InChI is InChI=1S/C27H29FN4O4S/c1-17(2)16-32(27(34)26(33)31-15-18-7-6-8-20(13-18)25(29)30)23-12-11-19(14-22(23)28)21-9-4-5-10-24(21)37(3,35)36/h4-14,17H,15-16H2,1-3H3,(H3,29,30)(H,31,33). The number of amides is 2. The zero-order chi connectivity index (χ0) is 27.3. The summed E-state index contributed by atoms with van der Waals surface area (Å²) in [7, 11) is -3.56. The van der Waals surface area contributed by atoms with Gasteiger partial charge in [-0.2, -0.15) is 0 Å². The molecule has 2 amide bonds. The first-order chi connectivity index (χ1) is 17.4. The van der Waals surface area contributed by atoms with Gasteiger partial charge in [0.15, 0.2) is 9.84 Å². The highest BCUT2D eigenvalue weighted by Gasteiger charge is 2.27. The lowest BCUT2D eigenvalue weighted by Crippen LogP contribution is -2.44. The number of carbonyl (C=O) groups excluding carboxylic acids is 2. The van der Waals surface area contributed by atoms with Crippen LogP contribution >= 0.6 is 0 Å². The van der Waals surface area contributed by atoms with Gasteiger partial charge in [0.05, 0.1) is 10.6 Å². The number of hydrogen-bond acceptors (Lipinski definition) is 5. The average molecular weight is 525 g/mol. The number of nitrogens with one attached hydrogen (secondary N) is 2. The van der Waals surface area contributed by atoms with E-state index in [1.54, 1.807) is 42.5 Å². The van der Waals surface area contributed by atoms with E-state index in [1.807, 2.05) is 13.8 Å². The average Bonchev–Trinajstić information content (AvgIpc) is 2.85. The van der Waals surface area contributed by atoms with Crippen LogP contribution < -0.4 is 16.0 Å². The number of nitrogen functional groups attached to an aromatic ring is 1. The summed E-state index contributed by atoms with van der Waals surface area (Å²) < 4.78 is 39.7. The lowest BCUT2D eigenvalue weighted by molar-refractivity contribution is -0.137. The number of carbonyl (C=O) groups is 2. The Bertz CT molecular complexity index is 1450. The Hall–Kier alpha value is -4.05. The zero-order valence-corrected chi connectivity index (χ0v) is 21.6. The molecule has 0 saturated carbocycles. The normalized spacial score (nSPS) is 11.3. The Kier molecular flexibility index (Phi) is 8.44. The molecular formula is C27H29FN4O4S. The molecule has 3 rings (SSSR count). The number of anilines is 1. The van der Waals surface area contributed by atoms with Gasteiger partial charge in [0.2, 0.25) is 0 Å². The van der Waals surface area contributed by atoms with Crippen molar-refractivity contribution in [3.8, 4) is 11.1 Å². The first-order valence-corrected chi connectivity index (χ1v) is 13.4. The van der Waals surface area contributed by atoms with E-state index in [0.717, 1.165) is 17.2 Å². The van der Waals surface area contributed by atoms with Crippen molar-refractivity contribution in [2.75, 3.05) is 17.7 Å². The third-order valence-corrected chi connectivity index (χ3v) is 6.67. The Morgan fingerprint density at radius 3 is 2.38 bits per heavy atom. The van der Waals surface area contributed by atoms with Gasteiger partial charge >= 0.3 is 11.8 Å². The van der Waals surface area contributed by atoms with Crippen LogP contribution in [0.25, 0.3) is 11.1 Å². The fourth-order valence-electron chi connectivity index (χ4n) is 3.81. The van der Waals surface area contributed by atoms with Gasteiger partial charge in [-0.05, 0) is 41.3 Å². The van der Waals surface area contributed by atoms with Crippen LogP contribution in [0.1, 0.15) is 25.0 Å². The van der Waals surface area contributed by atoms with Gasteiger partial charge in [0.25, 0.3) is 0 Å². The smallest absolute Gasteiger partial charge is 0.316 e. The Morgan fingerprint density at radius 1 is 1.05 bits per heavy atom. The summed E-state index contributed by atoms with van der Waals surface area (Å²) in [5.41, 5.74) is 7.20. The molecule has 0 aliphatic rings. The van der Waals surface area contributed by atoms with Crippen LogP contribution in [-0.2, 0) is 26.0 Å². The topological polar surface area (TPSA) is 133 Å². The third-order valence-electron chi connectivity index (χ3n) is 5.51. The minimum absolute atomic E-state index is 0.0188. The molecule has 0 aliphatic carbocycles. The molecule has 8 nitrogen and oxygen atoms in total. The number of sulfone groups is 1. The largest absolute Gasteiger partial charge is 0.384 e. The van der Waals surface area contributed by atoms with E-state index >= 15 is 4.39 Å². The van der Waals surface area contributed by atoms with Crippen molar-refractivity contribution in [2.24, 2.45) is 11.7 Å². The summed E-state index contributed by atoms with van der Waals surface area (Å²) in [4.78, 5) is 26.9. The summed E-state index contributed by atoms with van der Waals surface area (Å²) >= 11 is 0. The molecule has 37 heavy (non-hydrogen) atoms. The molecule has 0 saturated heterocycles. The van der Waals surface area contributed by atoms with Crippen LogP contribution in [-0.4, -0.2) is 38.9 Å². The molecule has 0 spiro atoms. The lowest BCUT2D eigenvalue weighted by Gasteiger charge is -2.25. The van der Waals surface area contributed by atoms with Gasteiger partial charge in [0.1, 0.15) is 11.7 Å². The minimum atomic E-state index is -3.56. The number of nitrogens with zero attached hydrogens (tertiary/aromatic N) is 1. The van der Waals surface area contributed by atoms with E-state index in [2.05, 4.69) is 5.32 Å². The first kappa shape index (κ1) is 27.5. The van der Waals surface area contributed by atoms with E-state index in [4.69, 9.17) is 11.1 Å². The molecule has 0 fully saturated rings. The van der Waals surface area contributed by atoms with Crippen molar-refractivity contribution in [2.45, 2.75) is 25.3 Å². The molecule has 3 aromatic rings. The monoisotopic (exact) mass is 524 g/mol. The third kappa shape index (κ3) is 6.79. The molecule has 0 aromatic heterocycles. The number of benzene rings is 3. The summed E-state index contributed by atoms with van der Waals surface area (Å²) in [6.45, 7) is 3.77. The maximum Gasteiger partial charge on any atom is 0.316 e. The Morgan fingerprint density at radius 2 is 1.76 bits per heavy atom. The number of hydrogen-bond donors (Lipinski definition) is 3. The van der Waals surface area contributed by atoms with Gasteiger partial charge < -0.3 is 16.0 Å². The van der Waals surface area contributed by atoms with Crippen molar-refractivity contribution < 1.29 is 22.4 Å². The molecule has 0 aliphatic heterocycles. The molecule has 0 radical (unpaired) electrons. The first-order valence-electron chi connectivity index (χ1n) is 11.5. The van der Waals surface area contributed by atoms with Crippen LogP contribution in [0.5, 0.6) is 0 Å². The fraction of sp³-hybridized carbons (Fsp3) is 0.222. The Labute approximate surface area is 215 Å². The van der Waals surface area contributed by atoms with Crippen LogP contribution in [0.2, 0.25) is 0 Å². The van der Waals surface area contributed by atoms with Gasteiger partial charge in [-0.15, -0.1) is 0 Å². The van der Waals surface area contributed by atoms with E-state index in [0.29, 0.717) is 22.3 Å². The predicted octanol–water partition coefficient (Wildman–Crippen LogP) is 3.49. The molecule has 0 bridgehead atoms. The van der Waals surface area contributed by atoms with E-state index in [-0.39, 0.29) is 35.4 Å². The van der Waals surface area contributed by atoms with Crippen molar-refractivity contribution in [1.82, 2.24) is 5.32 Å². The second-order valence-electron chi connectivity index (χ2n) is 9.04. The number of rotatable bonds is 8. The molecule has 0 unspecified atom stereocenters. The highest BCUT2D eigenvalue weighted by molar-refractivity contribution is 7.90. The van der Waals surface area contributed by atoms with E-state index < -0.39 is 27.5 Å². The molecule has 0 heterocycles. The number of halogens is 1. The molecular weight excluding hydrogens is 495 g/mol. The second-order valence-corrected chi connectivity index (χ2v) is 11.0. The van der Waals surface area contributed by atoms with Crippen LogP contribution in [0.3, 0.4) is 0 Å². The second kappa shape index (κ2) is 11.3. The van der Waals surface area contributed by atoms with Crippen LogP contribution in [0.15, 0.2) is 71.6 Å². The maximum absolute atomic E-state index is 15.4. The van der Waals surface area contributed by atoms with Crippen molar-refractivity contribution >= 4 is 33.2 Å². The lowest BCUT2D eigenvalue weighted by atomic mass is 10.0.